The van der Waals surface area contributed by atoms with Crippen molar-refractivity contribution in [3.8, 4) is 6.07 Å². The van der Waals surface area contributed by atoms with Crippen LogP contribution in [0.3, 0.4) is 0 Å². The van der Waals surface area contributed by atoms with E-state index in [1.807, 2.05) is 23.1 Å². The summed E-state index contributed by atoms with van der Waals surface area (Å²) in [6.07, 6.45) is 0. The molecule has 4 nitrogen and oxygen atoms in total. The standard InChI is InChI=1S/C12H13N3O.ClH/c13-7-10-2-1-3-11(6-10)9-15-5-4-14-8-12(15)16;/h1-3,6,14H,4-5,8-9H2;1H. The van der Waals surface area contributed by atoms with Crippen molar-refractivity contribution in [3.05, 3.63) is 35.4 Å². The SMILES string of the molecule is Cl.N#Cc1cccc(CN2CCNCC2=O)c1. The first kappa shape index (κ1) is 13.5. The second-order valence-electron chi connectivity index (χ2n) is 3.80. The zero-order valence-electron chi connectivity index (χ0n) is 9.35. The molecule has 0 saturated carbocycles. The molecular weight excluding hydrogens is 238 g/mol. The van der Waals surface area contributed by atoms with Crippen LogP contribution >= 0.6 is 12.4 Å². The molecule has 1 aromatic rings. The Morgan fingerprint density at radius 2 is 2.29 bits per heavy atom. The molecule has 17 heavy (non-hydrogen) atoms. The van der Waals surface area contributed by atoms with Crippen molar-refractivity contribution in [2.75, 3.05) is 19.6 Å². The number of hydrogen-bond donors (Lipinski definition) is 1. The molecule has 1 fully saturated rings. The number of piperazine rings is 1. The Kier molecular flexibility index (Phi) is 4.95. The summed E-state index contributed by atoms with van der Waals surface area (Å²) in [6.45, 7) is 2.58. The molecule has 1 saturated heterocycles. The van der Waals surface area contributed by atoms with Crippen molar-refractivity contribution in [2.45, 2.75) is 6.54 Å². The summed E-state index contributed by atoms with van der Waals surface area (Å²) in [5, 5.41) is 11.8. The van der Waals surface area contributed by atoms with Gasteiger partial charge >= 0.3 is 0 Å². The number of benzene rings is 1. The maximum atomic E-state index is 11.6. The van der Waals surface area contributed by atoms with Gasteiger partial charge in [0.15, 0.2) is 0 Å². The summed E-state index contributed by atoms with van der Waals surface area (Å²) < 4.78 is 0. The molecule has 1 aromatic carbocycles. The molecule has 0 spiro atoms. The summed E-state index contributed by atoms with van der Waals surface area (Å²) in [5.41, 5.74) is 1.65. The molecule has 0 bridgehead atoms. The first-order valence-electron chi connectivity index (χ1n) is 5.27. The van der Waals surface area contributed by atoms with Gasteiger partial charge in [-0.1, -0.05) is 12.1 Å². The van der Waals surface area contributed by atoms with E-state index in [9.17, 15) is 4.79 Å². The Morgan fingerprint density at radius 3 is 3.00 bits per heavy atom. The molecule has 5 heteroatoms. The Labute approximate surface area is 107 Å². The van der Waals surface area contributed by atoms with E-state index >= 15 is 0 Å². The normalized spacial score (nSPS) is 15.0. The highest BCUT2D eigenvalue weighted by Crippen LogP contribution is 2.08. The summed E-state index contributed by atoms with van der Waals surface area (Å²) in [7, 11) is 0. The van der Waals surface area contributed by atoms with Crippen molar-refractivity contribution in [1.29, 1.82) is 5.26 Å². The lowest BCUT2D eigenvalue weighted by molar-refractivity contribution is -0.132. The van der Waals surface area contributed by atoms with Gasteiger partial charge in [0.25, 0.3) is 0 Å². The minimum absolute atomic E-state index is 0. The number of amides is 1. The minimum atomic E-state index is 0. The summed E-state index contributed by atoms with van der Waals surface area (Å²) >= 11 is 0. The van der Waals surface area contributed by atoms with Gasteiger partial charge in [-0.2, -0.15) is 5.26 Å². The molecule has 0 radical (unpaired) electrons. The van der Waals surface area contributed by atoms with E-state index < -0.39 is 0 Å². The quantitative estimate of drug-likeness (QED) is 0.850. The average Bonchev–Trinajstić information content (AvgIpc) is 2.32. The lowest BCUT2D eigenvalue weighted by atomic mass is 10.1. The summed E-state index contributed by atoms with van der Waals surface area (Å²) in [5.74, 6) is 0.119. The van der Waals surface area contributed by atoms with E-state index in [4.69, 9.17) is 5.26 Å². The van der Waals surface area contributed by atoms with Gasteiger partial charge in [0, 0.05) is 19.6 Å². The fourth-order valence-corrected chi connectivity index (χ4v) is 1.77. The highest BCUT2D eigenvalue weighted by atomic mass is 35.5. The molecular formula is C12H14ClN3O. The Balaban J connectivity index is 0.00000144. The Hall–Kier alpha value is -1.57. The zero-order chi connectivity index (χ0) is 11.4. The second-order valence-corrected chi connectivity index (χ2v) is 3.80. The van der Waals surface area contributed by atoms with Crippen molar-refractivity contribution < 1.29 is 4.79 Å². The van der Waals surface area contributed by atoms with E-state index in [-0.39, 0.29) is 18.3 Å². The number of carbonyl (C=O) groups is 1. The van der Waals surface area contributed by atoms with Crippen molar-refractivity contribution in [3.63, 3.8) is 0 Å². The van der Waals surface area contributed by atoms with Gasteiger partial charge < -0.3 is 10.2 Å². The average molecular weight is 252 g/mol. The highest BCUT2D eigenvalue weighted by molar-refractivity contribution is 5.85. The summed E-state index contributed by atoms with van der Waals surface area (Å²) in [4.78, 5) is 13.4. The number of halogens is 1. The minimum Gasteiger partial charge on any atom is -0.336 e. The third kappa shape index (κ3) is 3.45. The lowest BCUT2D eigenvalue weighted by Gasteiger charge is -2.27. The molecule has 1 aliphatic heterocycles. The predicted octanol–water partition coefficient (Wildman–Crippen LogP) is 0.912. The van der Waals surface area contributed by atoms with Crippen LogP contribution in [0.5, 0.6) is 0 Å². The summed E-state index contributed by atoms with van der Waals surface area (Å²) in [6, 6.07) is 9.48. The monoisotopic (exact) mass is 251 g/mol. The van der Waals surface area contributed by atoms with Crippen LogP contribution in [0.4, 0.5) is 0 Å². The van der Waals surface area contributed by atoms with Gasteiger partial charge in [0.2, 0.25) is 5.91 Å². The molecule has 2 rings (SSSR count). The number of hydrogen-bond acceptors (Lipinski definition) is 3. The van der Waals surface area contributed by atoms with Crippen LogP contribution < -0.4 is 5.32 Å². The lowest BCUT2D eigenvalue weighted by Crippen LogP contribution is -2.47. The van der Waals surface area contributed by atoms with Crippen LogP contribution in [0.2, 0.25) is 0 Å². The van der Waals surface area contributed by atoms with E-state index in [0.29, 0.717) is 18.7 Å². The largest absolute Gasteiger partial charge is 0.336 e. The molecule has 1 N–H and O–H groups in total. The number of nitriles is 1. The molecule has 1 aliphatic rings. The van der Waals surface area contributed by atoms with E-state index in [1.54, 1.807) is 6.07 Å². The smallest absolute Gasteiger partial charge is 0.236 e. The second kappa shape index (κ2) is 6.24. The fraction of sp³-hybridized carbons (Fsp3) is 0.333. The topological polar surface area (TPSA) is 56.1 Å². The number of nitrogens with zero attached hydrogens (tertiary/aromatic N) is 2. The van der Waals surface area contributed by atoms with Crippen LogP contribution in [0.25, 0.3) is 0 Å². The van der Waals surface area contributed by atoms with Gasteiger partial charge in [0.1, 0.15) is 0 Å². The third-order valence-corrected chi connectivity index (χ3v) is 2.62. The fourth-order valence-electron chi connectivity index (χ4n) is 1.77. The molecule has 0 aliphatic carbocycles. The molecule has 1 heterocycles. The van der Waals surface area contributed by atoms with Gasteiger partial charge in [0.05, 0.1) is 18.2 Å². The first-order chi connectivity index (χ1) is 7.79. The number of nitrogens with one attached hydrogen (secondary N) is 1. The van der Waals surface area contributed by atoms with Gasteiger partial charge in [-0.25, -0.2) is 0 Å². The van der Waals surface area contributed by atoms with Crippen LogP contribution in [0, 0.1) is 11.3 Å². The number of rotatable bonds is 2. The number of carbonyl (C=O) groups excluding carboxylic acids is 1. The van der Waals surface area contributed by atoms with Gasteiger partial charge in [-0.05, 0) is 17.7 Å². The maximum Gasteiger partial charge on any atom is 0.236 e. The maximum absolute atomic E-state index is 11.6. The van der Waals surface area contributed by atoms with Gasteiger partial charge in [-0.15, -0.1) is 12.4 Å². The molecule has 0 atom stereocenters. The van der Waals surface area contributed by atoms with E-state index in [1.165, 1.54) is 0 Å². The third-order valence-electron chi connectivity index (χ3n) is 2.62. The Morgan fingerprint density at radius 1 is 1.47 bits per heavy atom. The Bertz CT molecular complexity index is 442. The molecule has 1 amide bonds. The highest BCUT2D eigenvalue weighted by Gasteiger charge is 2.17. The van der Waals surface area contributed by atoms with E-state index in [2.05, 4.69) is 11.4 Å². The van der Waals surface area contributed by atoms with Crippen molar-refractivity contribution in [1.82, 2.24) is 10.2 Å². The predicted molar refractivity (Wildman–Crippen MR) is 66.7 cm³/mol. The van der Waals surface area contributed by atoms with Crippen molar-refractivity contribution in [2.24, 2.45) is 0 Å². The zero-order valence-corrected chi connectivity index (χ0v) is 10.2. The van der Waals surface area contributed by atoms with Crippen LogP contribution in [0.15, 0.2) is 24.3 Å². The van der Waals surface area contributed by atoms with Crippen LogP contribution in [-0.4, -0.2) is 30.4 Å². The van der Waals surface area contributed by atoms with Crippen LogP contribution in [-0.2, 0) is 11.3 Å². The van der Waals surface area contributed by atoms with Crippen LogP contribution in [0.1, 0.15) is 11.1 Å². The first-order valence-corrected chi connectivity index (χ1v) is 5.27. The molecule has 0 aromatic heterocycles. The van der Waals surface area contributed by atoms with Crippen molar-refractivity contribution >= 4 is 18.3 Å². The van der Waals surface area contributed by atoms with E-state index in [0.717, 1.165) is 18.7 Å². The molecule has 90 valence electrons. The molecule has 0 unspecified atom stereocenters. The van der Waals surface area contributed by atoms with Gasteiger partial charge in [-0.3, -0.25) is 4.79 Å².